The summed E-state index contributed by atoms with van der Waals surface area (Å²) in [6.45, 7) is 1.63. The van der Waals surface area contributed by atoms with Crippen molar-refractivity contribution in [1.82, 2.24) is 0 Å². The van der Waals surface area contributed by atoms with Crippen LogP contribution in [0, 0.1) is 10.5 Å². The zero-order valence-corrected chi connectivity index (χ0v) is 12.7. The molecule has 1 aromatic carbocycles. The second kappa shape index (κ2) is 4.92. The predicted octanol–water partition coefficient (Wildman–Crippen LogP) is 3.59. The van der Waals surface area contributed by atoms with Crippen LogP contribution in [0.3, 0.4) is 0 Å². The van der Waals surface area contributed by atoms with Gasteiger partial charge in [0.15, 0.2) is 5.75 Å². The first-order valence-electron chi connectivity index (χ1n) is 4.01. The van der Waals surface area contributed by atoms with Crippen molar-refractivity contribution < 1.29 is 25.8 Å². The average molecular weight is 445 g/mol. The summed E-state index contributed by atoms with van der Waals surface area (Å²) in [5, 5.41) is 0. The number of aryl methyl sites for hydroxylation is 1. The molecular formula is C8H5BrF3IO3S. The van der Waals surface area contributed by atoms with Gasteiger partial charge in [0.2, 0.25) is 0 Å². The Labute approximate surface area is 118 Å². The third kappa shape index (κ3) is 3.47. The highest BCUT2D eigenvalue weighted by Gasteiger charge is 2.48. The van der Waals surface area contributed by atoms with E-state index in [0.29, 0.717) is 5.56 Å². The van der Waals surface area contributed by atoms with Crippen LogP contribution < -0.4 is 4.18 Å². The monoisotopic (exact) mass is 444 g/mol. The van der Waals surface area contributed by atoms with Gasteiger partial charge in [-0.15, -0.1) is 0 Å². The average Bonchev–Trinajstić information content (AvgIpc) is 2.12. The molecule has 0 atom stereocenters. The molecule has 17 heavy (non-hydrogen) atoms. The first-order valence-corrected chi connectivity index (χ1v) is 7.29. The Bertz CT molecular complexity index is 542. The molecule has 0 aromatic heterocycles. The molecule has 0 unspecified atom stereocenters. The van der Waals surface area contributed by atoms with Crippen LogP contribution in [0.2, 0.25) is 0 Å². The number of alkyl halides is 3. The maximum Gasteiger partial charge on any atom is 0.534 e. The summed E-state index contributed by atoms with van der Waals surface area (Å²) in [4.78, 5) is 0. The molecule has 96 valence electrons. The lowest BCUT2D eigenvalue weighted by Crippen LogP contribution is -2.28. The molecular weight excluding hydrogens is 440 g/mol. The lowest BCUT2D eigenvalue weighted by Gasteiger charge is -2.11. The molecule has 3 nitrogen and oxygen atoms in total. The Kier molecular flexibility index (Phi) is 4.35. The summed E-state index contributed by atoms with van der Waals surface area (Å²) in [5.41, 5.74) is -4.83. The van der Waals surface area contributed by atoms with Crippen LogP contribution >= 0.6 is 38.5 Å². The molecule has 0 saturated carbocycles. The van der Waals surface area contributed by atoms with Gasteiger partial charge in [0.05, 0.1) is 4.47 Å². The highest BCUT2D eigenvalue weighted by molar-refractivity contribution is 14.1. The van der Waals surface area contributed by atoms with E-state index in [4.69, 9.17) is 0 Å². The first kappa shape index (κ1) is 15.0. The molecule has 0 aliphatic rings. The van der Waals surface area contributed by atoms with E-state index in [9.17, 15) is 21.6 Å². The second-order valence-corrected chi connectivity index (χ2v) is 6.57. The van der Waals surface area contributed by atoms with E-state index in [0.717, 1.165) is 3.57 Å². The molecule has 0 fully saturated rings. The Morgan fingerprint density at radius 2 is 1.88 bits per heavy atom. The molecule has 0 bridgehead atoms. The molecule has 9 heteroatoms. The van der Waals surface area contributed by atoms with Crippen LogP contribution in [0.15, 0.2) is 16.6 Å². The molecule has 0 heterocycles. The Hall–Kier alpha value is -0.0300. The minimum absolute atomic E-state index is 0.139. The van der Waals surface area contributed by atoms with Gasteiger partial charge in [0.25, 0.3) is 0 Å². The van der Waals surface area contributed by atoms with Crippen LogP contribution in [-0.4, -0.2) is 13.9 Å². The van der Waals surface area contributed by atoms with Gasteiger partial charge < -0.3 is 4.18 Å². The van der Waals surface area contributed by atoms with Crippen molar-refractivity contribution in [2.45, 2.75) is 12.4 Å². The SMILES string of the molecule is Cc1cc(OS(=O)(=O)C(F)(F)F)c(Br)cc1I. The zero-order chi connectivity index (χ0) is 13.4. The fraction of sp³-hybridized carbons (Fsp3) is 0.250. The van der Waals surface area contributed by atoms with Crippen LogP contribution in [0.1, 0.15) is 5.56 Å². The number of halogens is 5. The Morgan fingerprint density at radius 1 is 1.35 bits per heavy atom. The van der Waals surface area contributed by atoms with E-state index in [-0.39, 0.29) is 10.2 Å². The third-order valence-electron chi connectivity index (χ3n) is 1.70. The molecule has 0 aliphatic heterocycles. The quantitative estimate of drug-likeness (QED) is 0.398. The van der Waals surface area contributed by atoms with Gasteiger partial charge in [-0.05, 0) is 63.1 Å². The number of benzene rings is 1. The van der Waals surface area contributed by atoms with E-state index in [1.165, 1.54) is 12.1 Å². The van der Waals surface area contributed by atoms with Gasteiger partial charge in [0.1, 0.15) is 0 Å². The van der Waals surface area contributed by atoms with Crippen molar-refractivity contribution >= 4 is 48.6 Å². The largest absolute Gasteiger partial charge is 0.534 e. The van der Waals surface area contributed by atoms with Crippen molar-refractivity contribution in [1.29, 1.82) is 0 Å². The van der Waals surface area contributed by atoms with Crippen molar-refractivity contribution in [3.63, 3.8) is 0 Å². The minimum atomic E-state index is -5.64. The summed E-state index contributed by atoms with van der Waals surface area (Å²) in [5.74, 6) is -0.389. The number of hydrogen-bond donors (Lipinski definition) is 0. The van der Waals surface area contributed by atoms with E-state index in [2.05, 4.69) is 20.1 Å². The number of hydrogen-bond acceptors (Lipinski definition) is 3. The molecule has 1 aromatic rings. The van der Waals surface area contributed by atoms with Gasteiger partial charge in [-0.3, -0.25) is 0 Å². The Balaban J connectivity index is 3.18. The molecule has 0 N–H and O–H groups in total. The molecule has 0 spiro atoms. The normalized spacial score (nSPS) is 12.6. The lowest BCUT2D eigenvalue weighted by atomic mass is 10.2. The first-order chi connectivity index (χ1) is 7.54. The number of rotatable bonds is 2. The molecule has 1 rings (SSSR count). The fourth-order valence-electron chi connectivity index (χ4n) is 0.860. The maximum atomic E-state index is 12.1. The molecule has 0 radical (unpaired) electrons. The van der Waals surface area contributed by atoms with Crippen LogP contribution in [0.25, 0.3) is 0 Å². The zero-order valence-electron chi connectivity index (χ0n) is 8.18. The summed E-state index contributed by atoms with van der Waals surface area (Å²) in [7, 11) is -5.64. The molecule has 0 saturated heterocycles. The highest BCUT2D eigenvalue weighted by atomic mass is 127. The summed E-state index contributed by atoms with van der Waals surface area (Å²) < 4.78 is 62.8. The van der Waals surface area contributed by atoms with Crippen LogP contribution in [0.4, 0.5) is 13.2 Å². The van der Waals surface area contributed by atoms with Gasteiger partial charge in [-0.1, -0.05) is 0 Å². The van der Waals surface area contributed by atoms with Gasteiger partial charge in [0, 0.05) is 3.57 Å². The maximum absolute atomic E-state index is 12.1. The molecule has 0 aliphatic carbocycles. The van der Waals surface area contributed by atoms with Gasteiger partial charge in [-0.2, -0.15) is 21.6 Å². The van der Waals surface area contributed by atoms with Crippen molar-refractivity contribution in [3.05, 3.63) is 25.7 Å². The predicted molar refractivity (Wildman–Crippen MR) is 67.2 cm³/mol. The van der Waals surface area contributed by atoms with E-state index in [1.807, 2.05) is 22.6 Å². The summed E-state index contributed by atoms with van der Waals surface area (Å²) in [6, 6.07) is 2.69. The molecule has 0 amide bonds. The topological polar surface area (TPSA) is 43.4 Å². The highest BCUT2D eigenvalue weighted by Crippen LogP contribution is 2.33. The smallest absolute Gasteiger partial charge is 0.375 e. The summed E-state index contributed by atoms with van der Waals surface area (Å²) >= 11 is 4.90. The fourth-order valence-corrected chi connectivity index (χ4v) is 2.76. The van der Waals surface area contributed by atoms with E-state index in [1.54, 1.807) is 6.92 Å². The minimum Gasteiger partial charge on any atom is -0.375 e. The van der Waals surface area contributed by atoms with Gasteiger partial charge >= 0.3 is 15.6 Å². The van der Waals surface area contributed by atoms with Crippen molar-refractivity contribution in [3.8, 4) is 5.75 Å². The summed E-state index contributed by atoms with van der Waals surface area (Å²) in [6.07, 6.45) is 0. The third-order valence-corrected chi connectivity index (χ3v) is 4.44. The van der Waals surface area contributed by atoms with Crippen molar-refractivity contribution in [2.24, 2.45) is 0 Å². The Morgan fingerprint density at radius 3 is 2.35 bits per heavy atom. The van der Waals surface area contributed by atoms with E-state index < -0.39 is 15.6 Å². The van der Waals surface area contributed by atoms with Crippen LogP contribution in [0.5, 0.6) is 5.75 Å². The standard InChI is InChI=1S/C8H5BrF3IO3S/c1-4-2-7(5(9)3-6(4)13)16-17(14,15)8(10,11)12/h2-3H,1H3. The second-order valence-electron chi connectivity index (χ2n) is 3.02. The van der Waals surface area contributed by atoms with E-state index >= 15 is 0 Å². The lowest BCUT2D eigenvalue weighted by molar-refractivity contribution is -0.0500. The van der Waals surface area contributed by atoms with Gasteiger partial charge in [-0.25, -0.2) is 0 Å². The van der Waals surface area contributed by atoms with Crippen molar-refractivity contribution in [2.75, 3.05) is 0 Å². The van der Waals surface area contributed by atoms with Crippen LogP contribution in [-0.2, 0) is 10.1 Å².